The molecule has 0 bridgehead atoms. The molecule has 0 saturated heterocycles. The first-order chi connectivity index (χ1) is 33.5. The van der Waals surface area contributed by atoms with Crippen molar-refractivity contribution >= 4 is 0 Å². The van der Waals surface area contributed by atoms with Gasteiger partial charge in [-0.15, -0.1) is 0 Å². The minimum Gasteiger partial charge on any atom is -0.457 e. The first-order valence-electron chi connectivity index (χ1n) is 24.2. The lowest BCUT2D eigenvalue weighted by Gasteiger charge is -2.39. The number of rotatable bonds is 6. The lowest BCUT2D eigenvalue weighted by atomic mass is 9.65. The molecular weight excluding hydrogens is 821 g/mol. The molecule has 1 aliphatic heterocycles. The van der Waals surface area contributed by atoms with E-state index in [1.807, 2.05) is 0 Å². The third kappa shape index (κ3) is 5.22. The predicted molar refractivity (Wildman–Crippen MR) is 277 cm³/mol. The molecule has 10 aromatic carbocycles. The van der Waals surface area contributed by atoms with E-state index in [4.69, 9.17) is 4.74 Å². The second-order valence-electron chi connectivity index (χ2n) is 19.8. The fraction of sp³-hybridized carbons (Fsp3) is 0.104. The van der Waals surface area contributed by atoms with Gasteiger partial charge in [0.1, 0.15) is 11.5 Å². The predicted octanol–water partition coefficient (Wildman–Crippen LogP) is 16.2. The molecule has 0 aromatic heterocycles. The Morgan fingerprint density at radius 3 is 1.34 bits per heavy atom. The smallest absolute Gasteiger partial charge is 0.132 e. The quantitative estimate of drug-likeness (QED) is 0.162. The van der Waals surface area contributed by atoms with Gasteiger partial charge in [-0.2, -0.15) is 0 Å². The van der Waals surface area contributed by atoms with Crippen LogP contribution in [0.1, 0.15) is 92.1 Å². The second-order valence-corrected chi connectivity index (χ2v) is 19.8. The van der Waals surface area contributed by atoms with Crippen LogP contribution in [-0.4, -0.2) is 0 Å². The molecule has 322 valence electrons. The van der Waals surface area contributed by atoms with Crippen molar-refractivity contribution in [1.82, 2.24) is 0 Å². The molecule has 0 radical (unpaired) electrons. The summed E-state index contributed by atoms with van der Waals surface area (Å²) >= 11 is 0. The van der Waals surface area contributed by atoms with Gasteiger partial charge >= 0.3 is 0 Å². The molecule has 1 unspecified atom stereocenters. The number of benzene rings is 10. The zero-order chi connectivity index (χ0) is 45.2. The van der Waals surface area contributed by atoms with E-state index >= 15 is 0 Å². The highest BCUT2D eigenvalue weighted by molar-refractivity contribution is 5.90. The Hall–Kier alpha value is -8.00. The molecule has 1 heterocycles. The highest BCUT2D eigenvalue weighted by atomic mass is 16.5. The van der Waals surface area contributed by atoms with Gasteiger partial charge in [0, 0.05) is 22.5 Å². The van der Waals surface area contributed by atoms with Crippen LogP contribution < -0.4 is 4.74 Å². The topological polar surface area (TPSA) is 9.23 Å². The lowest BCUT2D eigenvalue weighted by Crippen LogP contribution is -2.32. The molecule has 3 aliphatic carbocycles. The van der Waals surface area contributed by atoms with Crippen LogP contribution in [0, 0.1) is 0 Å². The number of ether oxygens (including phenoxy) is 1. The van der Waals surface area contributed by atoms with E-state index in [9.17, 15) is 0 Å². The van der Waals surface area contributed by atoms with Crippen molar-refractivity contribution in [3.05, 3.63) is 309 Å². The van der Waals surface area contributed by atoms with Crippen LogP contribution >= 0.6 is 0 Å². The van der Waals surface area contributed by atoms with Gasteiger partial charge in [0.05, 0.1) is 10.8 Å². The zero-order valence-electron chi connectivity index (χ0n) is 38.2. The summed E-state index contributed by atoms with van der Waals surface area (Å²) in [5, 5.41) is 0. The van der Waals surface area contributed by atoms with E-state index in [0.717, 1.165) is 17.9 Å². The van der Waals surface area contributed by atoms with Gasteiger partial charge in [-0.3, -0.25) is 0 Å². The van der Waals surface area contributed by atoms with Gasteiger partial charge in [-0.05, 0) is 113 Å². The standard InChI is InChI=1S/C67H48O/c1-65(2)55-27-10-6-23-48(55)52-37-35-44(41-61(52)65)54(40-43-19-18-22-47(39-43)66(46-20-4-3-5-21-46)56-28-11-7-24-49(56)50-25-8-12-29-57(50)66)45-36-38-53-51-26-9-13-30-58(51)67(62(53)42-45)59-31-14-16-33-63(59)68-64-34-17-15-32-60(64)67/h3-39,41-42,54H,40H2,1-2H3. The maximum absolute atomic E-state index is 6.75. The molecule has 0 saturated carbocycles. The van der Waals surface area contributed by atoms with Crippen molar-refractivity contribution in [2.75, 3.05) is 0 Å². The Labute approximate surface area is 399 Å². The van der Waals surface area contributed by atoms with Crippen LogP contribution in [0.4, 0.5) is 0 Å². The maximum atomic E-state index is 6.75. The monoisotopic (exact) mass is 868 g/mol. The number of fused-ring (bicyclic) bond motifs is 15. The minimum atomic E-state index is -0.551. The SMILES string of the molecule is CC1(C)c2ccccc2-c2ccc(C(Cc3cccc(C4(c5ccccc5)c5ccccc5-c5ccccc54)c3)c3ccc4c(c3)C3(c5ccccc5Oc5ccccc53)c3ccccc3-4)cc21. The van der Waals surface area contributed by atoms with Crippen LogP contribution in [-0.2, 0) is 22.7 Å². The molecule has 0 N–H and O–H groups in total. The summed E-state index contributed by atoms with van der Waals surface area (Å²) in [7, 11) is 0. The van der Waals surface area contributed by atoms with E-state index in [1.165, 1.54) is 106 Å². The van der Waals surface area contributed by atoms with Crippen LogP contribution in [0.15, 0.2) is 237 Å². The highest BCUT2D eigenvalue weighted by Crippen LogP contribution is 2.63. The molecule has 10 aromatic rings. The molecule has 68 heavy (non-hydrogen) atoms. The van der Waals surface area contributed by atoms with Crippen LogP contribution in [0.2, 0.25) is 0 Å². The molecular formula is C67H48O. The molecule has 1 nitrogen and oxygen atoms in total. The number of hydrogen-bond donors (Lipinski definition) is 0. The molecule has 1 heteroatoms. The summed E-state index contributed by atoms with van der Waals surface area (Å²) < 4.78 is 6.75. The van der Waals surface area contributed by atoms with Crippen LogP contribution in [0.3, 0.4) is 0 Å². The minimum absolute atomic E-state index is 0.0438. The van der Waals surface area contributed by atoms with Crippen LogP contribution in [0.25, 0.3) is 33.4 Å². The lowest BCUT2D eigenvalue weighted by molar-refractivity contribution is 0.436. The van der Waals surface area contributed by atoms with Gasteiger partial charge < -0.3 is 4.74 Å². The van der Waals surface area contributed by atoms with Gasteiger partial charge in [0.2, 0.25) is 0 Å². The Bertz CT molecular complexity index is 3590. The van der Waals surface area contributed by atoms with Crippen molar-refractivity contribution in [2.24, 2.45) is 0 Å². The normalized spacial score (nSPS) is 15.7. The van der Waals surface area contributed by atoms with Gasteiger partial charge in [0.15, 0.2) is 0 Å². The summed E-state index contributed by atoms with van der Waals surface area (Å²) in [4.78, 5) is 0. The Kier molecular flexibility index (Phi) is 8.36. The first kappa shape index (κ1) is 39.2. The summed E-state index contributed by atoms with van der Waals surface area (Å²) in [6.45, 7) is 4.80. The zero-order valence-corrected chi connectivity index (χ0v) is 38.2. The highest BCUT2D eigenvalue weighted by Gasteiger charge is 2.51. The van der Waals surface area contributed by atoms with E-state index in [2.05, 4.69) is 250 Å². The molecule has 1 atom stereocenters. The second kappa shape index (κ2) is 14.5. The molecule has 0 amide bonds. The van der Waals surface area contributed by atoms with Gasteiger partial charge in [-0.25, -0.2) is 0 Å². The summed E-state index contributed by atoms with van der Waals surface area (Å²) in [5.41, 5.74) is 23.7. The average molecular weight is 869 g/mol. The molecule has 1 spiro atoms. The number of para-hydroxylation sites is 2. The van der Waals surface area contributed by atoms with Crippen molar-refractivity contribution in [3.63, 3.8) is 0 Å². The largest absolute Gasteiger partial charge is 0.457 e. The summed E-state index contributed by atoms with van der Waals surface area (Å²) in [6, 6.07) is 89.1. The molecule has 0 fully saturated rings. The van der Waals surface area contributed by atoms with E-state index in [1.54, 1.807) is 0 Å². The molecule has 4 aliphatic rings. The third-order valence-electron chi connectivity index (χ3n) is 16.2. The maximum Gasteiger partial charge on any atom is 0.132 e. The Morgan fingerprint density at radius 2 is 0.750 bits per heavy atom. The van der Waals surface area contributed by atoms with Gasteiger partial charge in [-0.1, -0.05) is 238 Å². The Morgan fingerprint density at radius 1 is 0.324 bits per heavy atom. The van der Waals surface area contributed by atoms with Crippen molar-refractivity contribution in [3.8, 4) is 44.9 Å². The van der Waals surface area contributed by atoms with Crippen LogP contribution in [0.5, 0.6) is 11.5 Å². The summed E-state index contributed by atoms with van der Waals surface area (Å²) in [5.74, 6) is 1.87. The fourth-order valence-corrected chi connectivity index (χ4v) is 13.3. The first-order valence-corrected chi connectivity index (χ1v) is 24.2. The van der Waals surface area contributed by atoms with Crippen molar-refractivity contribution < 1.29 is 4.74 Å². The third-order valence-corrected chi connectivity index (χ3v) is 16.2. The van der Waals surface area contributed by atoms with Crippen molar-refractivity contribution in [2.45, 2.75) is 42.4 Å². The van der Waals surface area contributed by atoms with Gasteiger partial charge in [0.25, 0.3) is 0 Å². The fourth-order valence-electron chi connectivity index (χ4n) is 13.3. The van der Waals surface area contributed by atoms with E-state index < -0.39 is 10.8 Å². The average Bonchev–Trinajstić information content (AvgIpc) is 3.95. The van der Waals surface area contributed by atoms with E-state index in [-0.39, 0.29) is 11.3 Å². The van der Waals surface area contributed by atoms with Crippen molar-refractivity contribution in [1.29, 1.82) is 0 Å². The Balaban J connectivity index is 0.992. The molecule has 14 rings (SSSR count). The van der Waals surface area contributed by atoms with E-state index in [0.29, 0.717) is 0 Å². The number of hydrogen-bond acceptors (Lipinski definition) is 1. The summed E-state index contributed by atoms with van der Waals surface area (Å²) in [6.07, 6.45) is 0.823.